The Bertz CT molecular complexity index is 270. The van der Waals surface area contributed by atoms with Gasteiger partial charge in [0.1, 0.15) is 5.60 Å². The lowest BCUT2D eigenvalue weighted by Crippen LogP contribution is -2.48. The van der Waals surface area contributed by atoms with Crippen molar-refractivity contribution in [1.82, 2.24) is 5.32 Å². The van der Waals surface area contributed by atoms with Gasteiger partial charge < -0.3 is 15.2 Å². The third-order valence-corrected chi connectivity index (χ3v) is 2.12. The second-order valence-corrected chi connectivity index (χ2v) is 5.11. The summed E-state index contributed by atoms with van der Waals surface area (Å²) in [6, 6.07) is 0. The first-order valence-corrected chi connectivity index (χ1v) is 5.31. The van der Waals surface area contributed by atoms with Gasteiger partial charge >= 0.3 is 12.1 Å². The third-order valence-electron chi connectivity index (χ3n) is 2.12. The summed E-state index contributed by atoms with van der Waals surface area (Å²) in [5.41, 5.74) is -1.35. The highest BCUT2D eigenvalue weighted by Crippen LogP contribution is 2.16. The topological polar surface area (TPSA) is 75.6 Å². The zero-order valence-corrected chi connectivity index (χ0v) is 10.6. The van der Waals surface area contributed by atoms with E-state index in [1.807, 2.05) is 6.92 Å². The van der Waals surface area contributed by atoms with Crippen LogP contribution in [0.1, 0.15) is 47.5 Å². The molecule has 0 rings (SSSR count). The van der Waals surface area contributed by atoms with E-state index >= 15 is 0 Å². The molecule has 1 amide bonds. The molecule has 0 aromatic heterocycles. The molecule has 5 heteroatoms. The maximum absolute atomic E-state index is 11.5. The van der Waals surface area contributed by atoms with Gasteiger partial charge in [0, 0.05) is 0 Å². The van der Waals surface area contributed by atoms with E-state index in [2.05, 4.69) is 5.32 Å². The van der Waals surface area contributed by atoms with E-state index in [0.29, 0.717) is 6.42 Å². The van der Waals surface area contributed by atoms with E-state index in [-0.39, 0.29) is 6.42 Å². The van der Waals surface area contributed by atoms with Gasteiger partial charge in [0.25, 0.3) is 0 Å². The molecule has 5 nitrogen and oxygen atoms in total. The fourth-order valence-corrected chi connectivity index (χ4v) is 1.14. The lowest BCUT2D eigenvalue weighted by atomic mass is 9.95. The molecular formula is C11H21NO4. The highest BCUT2D eigenvalue weighted by atomic mass is 16.6. The number of rotatable bonds is 4. The molecular weight excluding hydrogens is 210 g/mol. The third kappa shape index (κ3) is 6.27. The fourth-order valence-electron chi connectivity index (χ4n) is 1.14. The Morgan fingerprint density at radius 1 is 1.25 bits per heavy atom. The summed E-state index contributed by atoms with van der Waals surface area (Å²) in [7, 11) is 0. The molecule has 0 radical (unpaired) electrons. The smallest absolute Gasteiger partial charge is 0.408 e. The molecule has 0 aliphatic carbocycles. The maximum Gasteiger partial charge on any atom is 0.408 e. The van der Waals surface area contributed by atoms with Crippen LogP contribution >= 0.6 is 0 Å². The molecule has 16 heavy (non-hydrogen) atoms. The van der Waals surface area contributed by atoms with Crippen molar-refractivity contribution in [2.75, 3.05) is 0 Å². The van der Waals surface area contributed by atoms with Crippen LogP contribution in [0, 0.1) is 0 Å². The number of carboxylic acid groups (broad SMARTS) is 1. The number of hydrogen-bond donors (Lipinski definition) is 2. The monoisotopic (exact) mass is 231 g/mol. The van der Waals surface area contributed by atoms with Crippen molar-refractivity contribution in [2.45, 2.75) is 58.6 Å². The SMILES string of the molecule is CC[C@](C)(CC(=O)O)NC(=O)OC(C)(C)C. The maximum atomic E-state index is 11.5. The molecule has 0 heterocycles. The van der Waals surface area contributed by atoms with Crippen LogP contribution in [0.5, 0.6) is 0 Å². The normalized spacial score (nSPS) is 15.1. The van der Waals surface area contributed by atoms with Gasteiger partial charge in [0.2, 0.25) is 0 Å². The van der Waals surface area contributed by atoms with Crippen LogP contribution in [-0.4, -0.2) is 28.3 Å². The number of hydrogen-bond acceptors (Lipinski definition) is 3. The van der Waals surface area contributed by atoms with Gasteiger partial charge in [-0.15, -0.1) is 0 Å². The minimum absolute atomic E-state index is 0.122. The second kappa shape index (κ2) is 5.18. The van der Waals surface area contributed by atoms with E-state index in [1.54, 1.807) is 27.7 Å². The molecule has 1 atom stereocenters. The van der Waals surface area contributed by atoms with Gasteiger partial charge in [0.05, 0.1) is 12.0 Å². The van der Waals surface area contributed by atoms with Gasteiger partial charge in [-0.1, -0.05) is 6.92 Å². The van der Waals surface area contributed by atoms with Crippen LogP contribution in [-0.2, 0) is 9.53 Å². The average Bonchev–Trinajstić information content (AvgIpc) is 1.98. The van der Waals surface area contributed by atoms with Crippen LogP contribution in [0.25, 0.3) is 0 Å². The Balaban J connectivity index is 4.42. The molecule has 0 unspecified atom stereocenters. The van der Waals surface area contributed by atoms with Crippen LogP contribution in [0.2, 0.25) is 0 Å². The second-order valence-electron chi connectivity index (χ2n) is 5.11. The predicted molar refractivity (Wildman–Crippen MR) is 60.3 cm³/mol. The number of carbonyl (C=O) groups excluding carboxylic acids is 1. The molecule has 0 aromatic rings. The van der Waals surface area contributed by atoms with E-state index in [1.165, 1.54) is 0 Å². The first-order valence-electron chi connectivity index (χ1n) is 5.31. The largest absolute Gasteiger partial charge is 0.481 e. The standard InChI is InChI=1S/C11H21NO4/c1-6-11(5,7-8(13)14)12-9(15)16-10(2,3)4/h6-7H2,1-5H3,(H,12,15)(H,13,14)/t11-/m1/s1. The summed E-state index contributed by atoms with van der Waals surface area (Å²) in [5.74, 6) is -0.944. The van der Waals surface area contributed by atoms with Crippen molar-refractivity contribution in [3.05, 3.63) is 0 Å². The average molecular weight is 231 g/mol. The lowest BCUT2D eigenvalue weighted by molar-refractivity contribution is -0.138. The Kier molecular flexibility index (Phi) is 4.78. The fraction of sp³-hybridized carbons (Fsp3) is 0.818. The van der Waals surface area contributed by atoms with Crippen molar-refractivity contribution in [1.29, 1.82) is 0 Å². The van der Waals surface area contributed by atoms with Crippen LogP contribution in [0.4, 0.5) is 4.79 Å². The van der Waals surface area contributed by atoms with Crippen LogP contribution < -0.4 is 5.32 Å². The zero-order chi connectivity index (χ0) is 13.0. The van der Waals surface area contributed by atoms with Crippen molar-refractivity contribution in [2.24, 2.45) is 0 Å². The Labute approximate surface area is 96.2 Å². The van der Waals surface area contributed by atoms with Gasteiger partial charge in [-0.25, -0.2) is 4.79 Å². The van der Waals surface area contributed by atoms with Crippen molar-refractivity contribution >= 4 is 12.1 Å². The van der Waals surface area contributed by atoms with Gasteiger partial charge in [-0.3, -0.25) is 4.79 Å². The quantitative estimate of drug-likeness (QED) is 0.777. The van der Waals surface area contributed by atoms with Gasteiger partial charge in [-0.05, 0) is 34.1 Å². The van der Waals surface area contributed by atoms with E-state index in [4.69, 9.17) is 9.84 Å². The summed E-state index contributed by atoms with van der Waals surface area (Å²) in [5, 5.41) is 11.3. The van der Waals surface area contributed by atoms with Crippen molar-refractivity contribution < 1.29 is 19.4 Å². The number of alkyl carbamates (subject to hydrolysis) is 1. The first kappa shape index (κ1) is 14.7. The summed E-state index contributed by atoms with van der Waals surface area (Å²) in [6.07, 6.45) is -0.181. The Hall–Kier alpha value is -1.26. The number of ether oxygens (including phenoxy) is 1. The number of amides is 1. The van der Waals surface area contributed by atoms with Crippen LogP contribution in [0.15, 0.2) is 0 Å². The summed E-state index contributed by atoms with van der Waals surface area (Å²) >= 11 is 0. The van der Waals surface area contributed by atoms with Gasteiger partial charge in [0.15, 0.2) is 0 Å². The van der Waals surface area contributed by atoms with Crippen molar-refractivity contribution in [3.63, 3.8) is 0 Å². The molecule has 0 fully saturated rings. The summed E-state index contributed by atoms with van der Waals surface area (Å²) in [4.78, 5) is 22.1. The van der Waals surface area contributed by atoms with E-state index in [9.17, 15) is 9.59 Å². The predicted octanol–water partition coefficient (Wildman–Crippen LogP) is 2.15. The van der Waals surface area contributed by atoms with Crippen molar-refractivity contribution in [3.8, 4) is 0 Å². The molecule has 0 spiro atoms. The Morgan fingerprint density at radius 3 is 2.06 bits per heavy atom. The highest BCUT2D eigenvalue weighted by molar-refractivity contribution is 5.72. The Morgan fingerprint density at radius 2 is 1.75 bits per heavy atom. The minimum Gasteiger partial charge on any atom is -0.481 e. The molecule has 0 saturated heterocycles. The van der Waals surface area contributed by atoms with Crippen LogP contribution in [0.3, 0.4) is 0 Å². The van der Waals surface area contributed by atoms with E-state index in [0.717, 1.165) is 0 Å². The first-order chi connectivity index (χ1) is 7.08. The zero-order valence-electron chi connectivity index (χ0n) is 10.6. The van der Waals surface area contributed by atoms with E-state index < -0.39 is 23.2 Å². The number of carbonyl (C=O) groups is 2. The molecule has 0 aliphatic heterocycles. The molecule has 0 saturated carbocycles. The lowest BCUT2D eigenvalue weighted by Gasteiger charge is -2.29. The number of nitrogens with one attached hydrogen (secondary N) is 1. The number of carboxylic acids is 1. The molecule has 0 aromatic carbocycles. The number of aliphatic carboxylic acids is 1. The highest BCUT2D eigenvalue weighted by Gasteiger charge is 2.29. The van der Waals surface area contributed by atoms with Gasteiger partial charge in [-0.2, -0.15) is 0 Å². The summed E-state index contributed by atoms with van der Waals surface area (Å²) in [6.45, 7) is 8.78. The molecule has 2 N–H and O–H groups in total. The minimum atomic E-state index is -0.944. The molecule has 94 valence electrons. The molecule has 0 aliphatic rings. The summed E-state index contributed by atoms with van der Waals surface area (Å²) < 4.78 is 5.07. The molecule has 0 bridgehead atoms.